The maximum atomic E-state index is 12.7. The van der Waals surface area contributed by atoms with Gasteiger partial charge in [0, 0.05) is 23.0 Å². The minimum Gasteiger partial charge on any atom is -0.493 e. The fraction of sp³-hybridized carbons (Fsp3) is 0.357. The van der Waals surface area contributed by atoms with Gasteiger partial charge in [0.1, 0.15) is 11.6 Å². The fourth-order valence-electron chi connectivity index (χ4n) is 1.51. The van der Waals surface area contributed by atoms with Gasteiger partial charge in [-0.2, -0.15) is 0 Å². The van der Waals surface area contributed by atoms with E-state index in [-0.39, 0.29) is 11.4 Å². The second kappa shape index (κ2) is 5.67. The Balaban J connectivity index is 1.86. The predicted molar refractivity (Wildman–Crippen MR) is 74.9 cm³/mol. The summed E-state index contributed by atoms with van der Waals surface area (Å²) < 4.78 is 18.2. The van der Waals surface area contributed by atoms with E-state index in [0.717, 1.165) is 16.3 Å². The number of nitrogens with two attached hydrogens (primary N) is 1. The van der Waals surface area contributed by atoms with Gasteiger partial charge in [-0.3, -0.25) is 0 Å². The Morgan fingerprint density at radius 1 is 1.32 bits per heavy atom. The highest BCUT2D eigenvalue weighted by atomic mass is 32.1. The Morgan fingerprint density at radius 3 is 2.58 bits per heavy atom. The van der Waals surface area contributed by atoms with Gasteiger partial charge in [-0.15, -0.1) is 11.3 Å². The van der Waals surface area contributed by atoms with E-state index in [4.69, 9.17) is 10.5 Å². The fourth-order valence-corrected chi connectivity index (χ4v) is 2.42. The van der Waals surface area contributed by atoms with Gasteiger partial charge in [0.2, 0.25) is 0 Å². The molecule has 2 rings (SSSR count). The molecule has 0 unspecified atom stereocenters. The van der Waals surface area contributed by atoms with Gasteiger partial charge in [0.25, 0.3) is 0 Å². The monoisotopic (exact) mass is 280 g/mol. The van der Waals surface area contributed by atoms with Gasteiger partial charge in [-0.05, 0) is 38.1 Å². The Kier molecular flexibility index (Phi) is 4.17. The molecule has 0 atom stereocenters. The number of ether oxygens (including phenoxy) is 1. The quantitative estimate of drug-likeness (QED) is 0.915. The molecule has 2 aromatic rings. The highest BCUT2D eigenvalue weighted by Crippen LogP contribution is 2.24. The van der Waals surface area contributed by atoms with E-state index in [9.17, 15) is 4.39 Å². The van der Waals surface area contributed by atoms with Gasteiger partial charge in [0.15, 0.2) is 0 Å². The molecule has 1 aromatic carbocycles. The summed E-state index contributed by atoms with van der Waals surface area (Å²) >= 11 is 1.60. The molecule has 0 bridgehead atoms. The lowest BCUT2D eigenvalue weighted by Crippen LogP contribution is -2.27. The summed E-state index contributed by atoms with van der Waals surface area (Å²) in [6.07, 6.45) is 2.54. The summed E-state index contributed by atoms with van der Waals surface area (Å²) in [7, 11) is 0. The molecule has 0 amide bonds. The van der Waals surface area contributed by atoms with Gasteiger partial charge in [-0.1, -0.05) is 0 Å². The number of nitrogens with zero attached hydrogens (tertiary/aromatic N) is 1. The van der Waals surface area contributed by atoms with Crippen LogP contribution in [0, 0.1) is 5.82 Å². The van der Waals surface area contributed by atoms with E-state index < -0.39 is 0 Å². The summed E-state index contributed by atoms with van der Waals surface area (Å²) in [6, 6.07) is 6.00. The highest BCUT2D eigenvalue weighted by molar-refractivity contribution is 7.11. The van der Waals surface area contributed by atoms with Crippen molar-refractivity contribution in [3.05, 3.63) is 46.2 Å². The van der Waals surface area contributed by atoms with Gasteiger partial charge in [0.05, 0.1) is 11.6 Å². The lowest BCUT2D eigenvalue weighted by molar-refractivity contribution is 0.321. The van der Waals surface area contributed by atoms with Gasteiger partial charge in [-0.25, -0.2) is 9.37 Å². The molecule has 1 heterocycles. The van der Waals surface area contributed by atoms with Crippen molar-refractivity contribution in [2.24, 2.45) is 5.73 Å². The van der Waals surface area contributed by atoms with Crippen LogP contribution in [0.5, 0.6) is 5.75 Å². The first-order valence-corrected chi connectivity index (χ1v) is 6.89. The summed E-state index contributed by atoms with van der Waals surface area (Å²) in [5, 5.41) is 0.996. The van der Waals surface area contributed by atoms with Crippen LogP contribution in [0.25, 0.3) is 0 Å². The lowest BCUT2D eigenvalue weighted by atomic mass is 10.1. The topological polar surface area (TPSA) is 48.1 Å². The summed E-state index contributed by atoms with van der Waals surface area (Å²) in [6.45, 7) is 4.43. The predicted octanol–water partition coefficient (Wildman–Crippen LogP) is 3.10. The van der Waals surface area contributed by atoms with E-state index in [0.29, 0.717) is 12.4 Å². The molecule has 1 aromatic heterocycles. The molecule has 0 radical (unpaired) electrons. The van der Waals surface area contributed by atoms with Crippen LogP contribution in [0.2, 0.25) is 0 Å². The largest absolute Gasteiger partial charge is 0.493 e. The number of hydrogen-bond donors (Lipinski definition) is 1. The van der Waals surface area contributed by atoms with E-state index in [1.165, 1.54) is 12.1 Å². The molecule has 0 aliphatic rings. The molecular formula is C14H17FN2OS. The van der Waals surface area contributed by atoms with Crippen molar-refractivity contribution in [2.45, 2.75) is 25.8 Å². The molecule has 0 aliphatic heterocycles. The third-order valence-electron chi connectivity index (χ3n) is 2.59. The number of halogens is 1. The van der Waals surface area contributed by atoms with Crippen LogP contribution in [0.15, 0.2) is 30.5 Å². The average Bonchev–Trinajstić information content (AvgIpc) is 2.80. The lowest BCUT2D eigenvalue weighted by Gasteiger charge is -2.14. The van der Waals surface area contributed by atoms with Crippen LogP contribution in [-0.4, -0.2) is 11.6 Å². The Hall–Kier alpha value is -1.46. The van der Waals surface area contributed by atoms with Crippen LogP contribution in [0.1, 0.15) is 23.7 Å². The van der Waals surface area contributed by atoms with Crippen molar-refractivity contribution < 1.29 is 9.13 Å². The second-order valence-corrected chi connectivity index (χ2v) is 6.01. The first kappa shape index (κ1) is 14.0. The van der Waals surface area contributed by atoms with Gasteiger partial charge >= 0.3 is 0 Å². The Labute approximate surface area is 116 Å². The van der Waals surface area contributed by atoms with Crippen LogP contribution in [0.3, 0.4) is 0 Å². The molecule has 5 heteroatoms. The highest BCUT2D eigenvalue weighted by Gasteiger charge is 2.17. The maximum absolute atomic E-state index is 12.7. The van der Waals surface area contributed by atoms with Crippen molar-refractivity contribution in [3.8, 4) is 5.75 Å². The third-order valence-corrected chi connectivity index (χ3v) is 3.98. The minimum absolute atomic E-state index is 0.262. The summed E-state index contributed by atoms with van der Waals surface area (Å²) in [5.74, 6) is 0.402. The third kappa shape index (κ3) is 4.01. The first-order chi connectivity index (χ1) is 8.95. The molecule has 3 nitrogen and oxygen atoms in total. The number of hydrogen-bond acceptors (Lipinski definition) is 4. The minimum atomic E-state index is -0.353. The summed E-state index contributed by atoms with van der Waals surface area (Å²) in [4.78, 5) is 5.39. The molecule has 0 saturated carbocycles. The SMILES string of the molecule is CC(C)(N)c1cnc(CCOc2ccc(F)cc2)s1. The van der Waals surface area contributed by atoms with E-state index >= 15 is 0 Å². The van der Waals surface area contributed by atoms with Gasteiger partial charge < -0.3 is 10.5 Å². The van der Waals surface area contributed by atoms with Crippen LogP contribution >= 0.6 is 11.3 Å². The molecular weight excluding hydrogens is 263 g/mol. The van der Waals surface area contributed by atoms with Crippen LogP contribution in [0.4, 0.5) is 4.39 Å². The zero-order valence-corrected chi connectivity index (χ0v) is 11.8. The van der Waals surface area contributed by atoms with E-state index in [1.807, 2.05) is 20.0 Å². The Morgan fingerprint density at radius 2 is 2.00 bits per heavy atom. The maximum Gasteiger partial charge on any atom is 0.123 e. The molecule has 2 N–H and O–H groups in total. The second-order valence-electron chi connectivity index (χ2n) is 4.89. The van der Waals surface area contributed by atoms with Crippen LogP contribution < -0.4 is 10.5 Å². The number of thiazole rings is 1. The average molecular weight is 280 g/mol. The van der Waals surface area contributed by atoms with Crippen molar-refractivity contribution in [1.29, 1.82) is 0 Å². The standard InChI is InChI=1S/C14H17FN2OS/c1-14(2,16)12-9-17-13(19-12)7-8-18-11-5-3-10(15)4-6-11/h3-6,9H,7-8,16H2,1-2H3. The zero-order chi connectivity index (χ0) is 13.9. The molecule has 0 fully saturated rings. The molecule has 0 spiro atoms. The van der Waals surface area contributed by atoms with Crippen molar-refractivity contribution in [3.63, 3.8) is 0 Å². The normalized spacial score (nSPS) is 11.6. The number of benzene rings is 1. The van der Waals surface area contributed by atoms with Crippen LogP contribution in [-0.2, 0) is 12.0 Å². The molecule has 102 valence electrons. The number of rotatable bonds is 5. The zero-order valence-electron chi connectivity index (χ0n) is 11.0. The summed E-state index contributed by atoms with van der Waals surface area (Å²) in [5.41, 5.74) is 5.65. The smallest absolute Gasteiger partial charge is 0.123 e. The van der Waals surface area contributed by atoms with Crippen molar-refractivity contribution >= 4 is 11.3 Å². The molecule has 0 saturated heterocycles. The van der Waals surface area contributed by atoms with Crippen molar-refractivity contribution in [1.82, 2.24) is 4.98 Å². The molecule has 0 aliphatic carbocycles. The first-order valence-electron chi connectivity index (χ1n) is 6.07. The molecule has 19 heavy (non-hydrogen) atoms. The number of aromatic nitrogens is 1. The Bertz CT molecular complexity index is 531. The van der Waals surface area contributed by atoms with E-state index in [1.54, 1.807) is 23.5 Å². The van der Waals surface area contributed by atoms with Crippen molar-refractivity contribution in [2.75, 3.05) is 6.61 Å². The van der Waals surface area contributed by atoms with E-state index in [2.05, 4.69) is 4.98 Å².